The first kappa shape index (κ1) is 21.5. The molecule has 0 saturated carbocycles. The number of carbonyl (C=O) groups is 1. The van der Waals surface area contributed by atoms with Crippen molar-refractivity contribution in [3.8, 4) is 5.75 Å². The molecule has 34 heavy (non-hydrogen) atoms. The van der Waals surface area contributed by atoms with Gasteiger partial charge >= 0.3 is 0 Å². The number of rotatable bonds is 4. The first-order valence-electron chi connectivity index (χ1n) is 11.8. The SMILES string of the molecule is COc1cc2c(cc1Nc1ncnc3sc4c(c13)CCC(C(=O)N1CCN(C)CC1)C4)C=NC2. The molecular formula is C25H28N6O2S. The van der Waals surface area contributed by atoms with E-state index in [9.17, 15) is 4.79 Å². The highest BCUT2D eigenvalue weighted by Crippen LogP contribution is 2.42. The molecular weight excluding hydrogens is 448 g/mol. The average Bonchev–Trinajstić information content (AvgIpc) is 3.47. The van der Waals surface area contributed by atoms with Gasteiger partial charge in [0, 0.05) is 43.2 Å². The maximum Gasteiger partial charge on any atom is 0.226 e. The first-order valence-corrected chi connectivity index (χ1v) is 12.6. The molecule has 3 aromatic rings. The molecule has 1 saturated heterocycles. The summed E-state index contributed by atoms with van der Waals surface area (Å²) in [5.74, 6) is 1.94. The average molecular weight is 477 g/mol. The van der Waals surface area contributed by atoms with Gasteiger partial charge < -0.3 is 19.9 Å². The van der Waals surface area contributed by atoms with Crippen molar-refractivity contribution < 1.29 is 9.53 Å². The van der Waals surface area contributed by atoms with Gasteiger partial charge in [-0.15, -0.1) is 11.3 Å². The van der Waals surface area contributed by atoms with Crippen LogP contribution in [0, 0.1) is 5.92 Å². The predicted molar refractivity (Wildman–Crippen MR) is 135 cm³/mol. The highest BCUT2D eigenvalue weighted by Gasteiger charge is 2.32. The van der Waals surface area contributed by atoms with E-state index in [1.165, 1.54) is 16.0 Å². The van der Waals surface area contributed by atoms with E-state index in [1.54, 1.807) is 24.8 Å². The number of anilines is 2. The Bertz CT molecular complexity index is 1290. The lowest BCUT2D eigenvalue weighted by molar-refractivity contribution is -0.137. The third-order valence-corrected chi connectivity index (χ3v) is 8.38. The minimum Gasteiger partial charge on any atom is -0.495 e. The molecule has 1 aliphatic carbocycles. The zero-order chi connectivity index (χ0) is 23.2. The van der Waals surface area contributed by atoms with Crippen LogP contribution in [0.1, 0.15) is 28.0 Å². The summed E-state index contributed by atoms with van der Waals surface area (Å²) < 4.78 is 5.65. The molecule has 2 aliphatic heterocycles. The van der Waals surface area contributed by atoms with Crippen LogP contribution < -0.4 is 10.1 Å². The number of carbonyl (C=O) groups excluding carboxylic acids is 1. The smallest absolute Gasteiger partial charge is 0.226 e. The van der Waals surface area contributed by atoms with Gasteiger partial charge in [-0.25, -0.2) is 9.97 Å². The zero-order valence-electron chi connectivity index (χ0n) is 19.5. The Balaban J connectivity index is 1.29. The maximum absolute atomic E-state index is 13.2. The number of aliphatic imine (C=N–C) groups is 1. The van der Waals surface area contributed by atoms with Gasteiger partial charge in [0.25, 0.3) is 0 Å². The normalized spacial score (nSPS) is 19.8. The van der Waals surface area contributed by atoms with Crippen molar-refractivity contribution >= 4 is 45.2 Å². The van der Waals surface area contributed by atoms with Crippen molar-refractivity contribution in [2.45, 2.75) is 25.8 Å². The fraction of sp³-hybridized carbons (Fsp3) is 0.440. The first-order chi connectivity index (χ1) is 16.6. The molecule has 0 spiro atoms. The molecule has 1 aromatic carbocycles. The van der Waals surface area contributed by atoms with Crippen LogP contribution >= 0.6 is 11.3 Å². The summed E-state index contributed by atoms with van der Waals surface area (Å²) in [6.45, 7) is 4.26. The monoisotopic (exact) mass is 476 g/mol. The van der Waals surface area contributed by atoms with Crippen LogP contribution in [0.15, 0.2) is 23.5 Å². The lowest BCUT2D eigenvalue weighted by atomic mass is 9.86. The van der Waals surface area contributed by atoms with Gasteiger partial charge in [-0.3, -0.25) is 9.79 Å². The number of likely N-dealkylation sites (N-methyl/N-ethyl adjacent to an activating group) is 1. The fourth-order valence-electron chi connectivity index (χ4n) is 5.23. The van der Waals surface area contributed by atoms with E-state index < -0.39 is 0 Å². The summed E-state index contributed by atoms with van der Waals surface area (Å²) in [6, 6.07) is 4.11. The number of nitrogens with zero attached hydrogens (tertiary/aromatic N) is 5. The number of aryl methyl sites for hydroxylation is 1. The van der Waals surface area contributed by atoms with Crippen LogP contribution in [0.4, 0.5) is 11.5 Å². The highest BCUT2D eigenvalue weighted by atomic mass is 32.1. The third kappa shape index (κ3) is 3.73. The molecule has 0 radical (unpaired) electrons. The van der Waals surface area contributed by atoms with E-state index in [0.29, 0.717) is 12.5 Å². The number of methoxy groups -OCH3 is 1. The van der Waals surface area contributed by atoms with Crippen molar-refractivity contribution in [3.05, 3.63) is 40.0 Å². The minimum absolute atomic E-state index is 0.0597. The molecule has 1 N–H and O–H groups in total. The van der Waals surface area contributed by atoms with E-state index in [2.05, 4.69) is 43.2 Å². The summed E-state index contributed by atoms with van der Waals surface area (Å²) in [7, 11) is 3.80. The number of nitrogens with one attached hydrogen (secondary N) is 1. The number of fused-ring (bicyclic) bond motifs is 4. The van der Waals surface area contributed by atoms with E-state index in [-0.39, 0.29) is 5.92 Å². The van der Waals surface area contributed by atoms with Crippen LogP contribution in [-0.2, 0) is 24.2 Å². The van der Waals surface area contributed by atoms with Gasteiger partial charge in [0.2, 0.25) is 5.91 Å². The Hall–Kier alpha value is -3.04. The van der Waals surface area contributed by atoms with Crippen LogP contribution in [-0.4, -0.2) is 72.2 Å². The topological polar surface area (TPSA) is 82.9 Å². The summed E-state index contributed by atoms with van der Waals surface area (Å²) in [5, 5.41) is 4.58. The van der Waals surface area contributed by atoms with Crippen molar-refractivity contribution in [2.75, 3.05) is 45.7 Å². The molecule has 6 rings (SSSR count). The summed E-state index contributed by atoms with van der Waals surface area (Å²) in [5.41, 5.74) is 4.42. The minimum atomic E-state index is 0.0597. The number of amides is 1. The molecule has 9 heteroatoms. The second-order valence-corrected chi connectivity index (χ2v) is 10.4. The largest absolute Gasteiger partial charge is 0.495 e. The Morgan fingerprint density at radius 1 is 1.21 bits per heavy atom. The highest BCUT2D eigenvalue weighted by molar-refractivity contribution is 7.19. The number of benzene rings is 1. The Kier molecular flexibility index (Phi) is 5.45. The van der Waals surface area contributed by atoms with Crippen molar-refractivity contribution in [1.82, 2.24) is 19.8 Å². The molecule has 1 fully saturated rings. The van der Waals surface area contributed by atoms with Crippen LogP contribution in [0.3, 0.4) is 0 Å². The Morgan fingerprint density at radius 2 is 2.06 bits per heavy atom. The van der Waals surface area contributed by atoms with E-state index in [4.69, 9.17) is 4.74 Å². The van der Waals surface area contributed by atoms with Gasteiger partial charge in [-0.2, -0.15) is 0 Å². The molecule has 1 unspecified atom stereocenters. The third-order valence-electron chi connectivity index (χ3n) is 7.22. The van der Waals surface area contributed by atoms with Crippen molar-refractivity contribution in [1.29, 1.82) is 0 Å². The van der Waals surface area contributed by atoms with Crippen molar-refractivity contribution in [2.24, 2.45) is 10.9 Å². The van der Waals surface area contributed by atoms with Gasteiger partial charge in [-0.1, -0.05) is 0 Å². The molecule has 2 aromatic heterocycles. The standard InChI is InChI=1S/C25H28N6O2S/c1-30-5-7-31(8-6-30)25(32)15-3-4-18-21(11-15)34-24-22(18)23(27-14-28-24)29-19-9-16-12-26-13-17(16)10-20(19)33-2/h9-10,12,14-15H,3-8,11,13H2,1-2H3,(H,27,28,29). The van der Waals surface area contributed by atoms with Gasteiger partial charge in [0.15, 0.2) is 0 Å². The quantitative estimate of drug-likeness (QED) is 0.623. The molecule has 1 atom stereocenters. The van der Waals surface area contributed by atoms with Gasteiger partial charge in [-0.05, 0) is 55.1 Å². The molecule has 3 aliphatic rings. The predicted octanol–water partition coefficient (Wildman–Crippen LogP) is 3.25. The summed E-state index contributed by atoms with van der Waals surface area (Å²) >= 11 is 1.70. The number of ether oxygens (including phenoxy) is 1. The maximum atomic E-state index is 13.2. The van der Waals surface area contributed by atoms with Crippen LogP contribution in [0.25, 0.3) is 10.2 Å². The zero-order valence-corrected chi connectivity index (χ0v) is 20.3. The number of thiophene rings is 1. The second kappa shape index (κ2) is 8.63. The van der Waals surface area contributed by atoms with Crippen molar-refractivity contribution in [3.63, 3.8) is 0 Å². The van der Waals surface area contributed by atoms with E-state index >= 15 is 0 Å². The molecule has 4 heterocycles. The second-order valence-electron chi connectivity index (χ2n) is 9.32. The molecule has 176 valence electrons. The Labute approximate surface area is 202 Å². The van der Waals surface area contributed by atoms with E-state index in [1.807, 2.05) is 12.3 Å². The van der Waals surface area contributed by atoms with E-state index in [0.717, 1.165) is 78.5 Å². The summed E-state index contributed by atoms with van der Waals surface area (Å²) in [6.07, 6.45) is 6.05. The number of piperazine rings is 1. The molecule has 1 amide bonds. The van der Waals surface area contributed by atoms with Crippen LogP contribution in [0.2, 0.25) is 0 Å². The van der Waals surface area contributed by atoms with Crippen LogP contribution in [0.5, 0.6) is 5.75 Å². The summed E-state index contributed by atoms with van der Waals surface area (Å²) in [4.78, 5) is 33.3. The van der Waals surface area contributed by atoms with Gasteiger partial charge in [0.1, 0.15) is 22.7 Å². The number of hydrogen-bond donors (Lipinski definition) is 1. The number of aromatic nitrogens is 2. The van der Waals surface area contributed by atoms with Gasteiger partial charge in [0.05, 0.1) is 24.7 Å². The lowest BCUT2D eigenvalue weighted by Crippen LogP contribution is -2.49. The Morgan fingerprint density at radius 3 is 2.88 bits per heavy atom. The molecule has 8 nitrogen and oxygen atoms in total. The fourth-order valence-corrected chi connectivity index (χ4v) is 6.50. The lowest BCUT2D eigenvalue weighted by Gasteiger charge is -2.35. The number of hydrogen-bond acceptors (Lipinski definition) is 8. The molecule has 0 bridgehead atoms.